The van der Waals surface area contributed by atoms with Crippen molar-refractivity contribution in [3.05, 3.63) is 63.7 Å². The highest BCUT2D eigenvalue weighted by Crippen LogP contribution is 2.29. The van der Waals surface area contributed by atoms with E-state index in [1.807, 2.05) is 26.0 Å². The molecular weight excluding hydrogens is 364 g/mol. The second-order valence-corrected chi connectivity index (χ2v) is 6.46. The van der Waals surface area contributed by atoms with Gasteiger partial charge < -0.3 is 14.8 Å². The van der Waals surface area contributed by atoms with E-state index in [1.165, 1.54) is 32.2 Å². The second-order valence-electron chi connectivity index (χ2n) is 6.46. The van der Waals surface area contributed by atoms with E-state index < -0.39 is 22.9 Å². The summed E-state index contributed by atoms with van der Waals surface area (Å²) in [5, 5.41) is 13.4. The lowest BCUT2D eigenvalue weighted by Gasteiger charge is -2.15. The first-order valence-corrected chi connectivity index (χ1v) is 8.67. The molecule has 1 atom stereocenters. The molecule has 2 aromatic carbocycles. The summed E-state index contributed by atoms with van der Waals surface area (Å²) in [6.07, 6.45) is -1.11. The highest BCUT2D eigenvalue weighted by atomic mass is 16.6. The molecule has 1 N–H and O–H groups in total. The summed E-state index contributed by atoms with van der Waals surface area (Å²) in [7, 11) is 1.38. The van der Waals surface area contributed by atoms with Gasteiger partial charge >= 0.3 is 5.97 Å². The Balaban J connectivity index is 2.07. The Kier molecular flexibility index (Phi) is 6.70. The van der Waals surface area contributed by atoms with Crippen molar-refractivity contribution in [1.82, 2.24) is 0 Å². The molecule has 0 aliphatic rings. The molecule has 0 radical (unpaired) electrons. The number of carbonyl (C=O) groups excluding carboxylic acids is 2. The Hall–Kier alpha value is -3.42. The number of nitrogens with zero attached hydrogens (tertiary/aromatic N) is 1. The fourth-order valence-electron chi connectivity index (χ4n) is 2.43. The van der Waals surface area contributed by atoms with Gasteiger partial charge in [0.15, 0.2) is 6.10 Å². The van der Waals surface area contributed by atoms with Crippen LogP contribution in [0.5, 0.6) is 5.75 Å². The fourth-order valence-corrected chi connectivity index (χ4v) is 2.43. The molecule has 8 nitrogen and oxygen atoms in total. The fraction of sp³-hybridized carbons (Fsp3) is 0.300. The van der Waals surface area contributed by atoms with Crippen LogP contribution >= 0.6 is 0 Å². The first kappa shape index (κ1) is 20.9. The van der Waals surface area contributed by atoms with Crippen LogP contribution in [0, 0.1) is 10.1 Å². The average Bonchev–Trinajstić information content (AvgIpc) is 2.67. The molecule has 2 aromatic rings. The van der Waals surface area contributed by atoms with Gasteiger partial charge in [0.25, 0.3) is 11.6 Å². The van der Waals surface area contributed by atoms with Crippen molar-refractivity contribution >= 4 is 23.3 Å². The van der Waals surface area contributed by atoms with Crippen LogP contribution in [-0.4, -0.2) is 30.0 Å². The SMILES string of the molecule is COc1ccc([N+](=O)[O-])cc1NC(=O)C(C)OC(=O)c1ccc(C(C)C)cc1. The molecule has 0 spiro atoms. The Morgan fingerprint density at radius 2 is 1.71 bits per heavy atom. The third-order valence-corrected chi connectivity index (χ3v) is 4.12. The van der Waals surface area contributed by atoms with Crippen LogP contribution in [0.3, 0.4) is 0 Å². The number of benzene rings is 2. The molecule has 0 heterocycles. The number of hydrogen-bond acceptors (Lipinski definition) is 6. The second kappa shape index (κ2) is 8.98. The van der Waals surface area contributed by atoms with Crippen LogP contribution in [0.1, 0.15) is 42.6 Å². The zero-order chi connectivity index (χ0) is 20.8. The van der Waals surface area contributed by atoms with E-state index >= 15 is 0 Å². The predicted molar refractivity (Wildman–Crippen MR) is 104 cm³/mol. The maximum absolute atomic E-state index is 12.4. The lowest BCUT2D eigenvalue weighted by atomic mass is 10.0. The van der Waals surface area contributed by atoms with Crippen LogP contribution in [0.4, 0.5) is 11.4 Å². The first-order chi connectivity index (χ1) is 13.2. The average molecular weight is 386 g/mol. The Morgan fingerprint density at radius 3 is 2.25 bits per heavy atom. The number of ether oxygens (including phenoxy) is 2. The lowest BCUT2D eigenvalue weighted by molar-refractivity contribution is -0.384. The van der Waals surface area contributed by atoms with E-state index in [0.29, 0.717) is 11.5 Å². The molecule has 1 unspecified atom stereocenters. The molecule has 28 heavy (non-hydrogen) atoms. The van der Waals surface area contributed by atoms with Crippen LogP contribution in [0.2, 0.25) is 0 Å². The van der Waals surface area contributed by atoms with Gasteiger partial charge in [-0.05, 0) is 36.6 Å². The summed E-state index contributed by atoms with van der Waals surface area (Å²) in [6.45, 7) is 5.50. The van der Waals surface area contributed by atoms with Crippen molar-refractivity contribution in [2.24, 2.45) is 0 Å². The van der Waals surface area contributed by atoms with Crippen molar-refractivity contribution < 1.29 is 24.0 Å². The molecule has 1 amide bonds. The number of nitro benzene ring substituents is 1. The van der Waals surface area contributed by atoms with E-state index in [2.05, 4.69) is 5.32 Å². The zero-order valence-electron chi connectivity index (χ0n) is 16.1. The molecule has 0 aromatic heterocycles. The largest absolute Gasteiger partial charge is 0.495 e. The van der Waals surface area contributed by atoms with Crippen LogP contribution < -0.4 is 10.1 Å². The number of methoxy groups -OCH3 is 1. The predicted octanol–water partition coefficient (Wildman–Crippen LogP) is 3.91. The summed E-state index contributed by atoms with van der Waals surface area (Å²) >= 11 is 0. The standard InChI is InChI=1S/C20H22N2O6/c1-12(2)14-5-7-15(8-6-14)20(24)28-13(3)19(23)21-17-11-16(22(25)26)9-10-18(17)27-4/h5-13H,1-4H3,(H,21,23). The van der Waals surface area contributed by atoms with Gasteiger partial charge in [0, 0.05) is 12.1 Å². The van der Waals surface area contributed by atoms with Gasteiger partial charge in [-0.3, -0.25) is 14.9 Å². The van der Waals surface area contributed by atoms with E-state index in [1.54, 1.807) is 12.1 Å². The first-order valence-electron chi connectivity index (χ1n) is 8.67. The number of amides is 1. The quantitative estimate of drug-likeness (QED) is 0.439. The molecule has 0 saturated heterocycles. The highest BCUT2D eigenvalue weighted by molar-refractivity contribution is 5.98. The number of nitro groups is 1. The van der Waals surface area contributed by atoms with Crippen LogP contribution in [0.25, 0.3) is 0 Å². The van der Waals surface area contributed by atoms with Gasteiger partial charge in [0.2, 0.25) is 0 Å². The van der Waals surface area contributed by atoms with E-state index in [-0.39, 0.29) is 17.1 Å². The van der Waals surface area contributed by atoms with Gasteiger partial charge in [-0.15, -0.1) is 0 Å². The van der Waals surface area contributed by atoms with Crippen molar-refractivity contribution in [3.8, 4) is 5.75 Å². The van der Waals surface area contributed by atoms with Gasteiger partial charge in [-0.1, -0.05) is 26.0 Å². The molecular formula is C20H22N2O6. The minimum absolute atomic E-state index is 0.117. The molecule has 8 heteroatoms. The third-order valence-electron chi connectivity index (χ3n) is 4.12. The number of hydrogen-bond donors (Lipinski definition) is 1. The van der Waals surface area contributed by atoms with E-state index in [9.17, 15) is 19.7 Å². The maximum Gasteiger partial charge on any atom is 0.338 e. The van der Waals surface area contributed by atoms with E-state index in [0.717, 1.165) is 5.56 Å². The maximum atomic E-state index is 12.4. The van der Waals surface area contributed by atoms with Crippen LogP contribution in [-0.2, 0) is 9.53 Å². The molecule has 148 valence electrons. The summed E-state index contributed by atoms with van der Waals surface area (Å²) in [6, 6.07) is 10.8. The molecule has 0 saturated carbocycles. The molecule has 2 rings (SSSR count). The van der Waals surface area contributed by atoms with Crippen molar-refractivity contribution in [1.29, 1.82) is 0 Å². The van der Waals surface area contributed by atoms with Crippen LogP contribution in [0.15, 0.2) is 42.5 Å². The Bertz CT molecular complexity index is 877. The number of carbonyl (C=O) groups is 2. The van der Waals surface area contributed by atoms with Crippen molar-refractivity contribution in [2.75, 3.05) is 12.4 Å². The number of anilines is 1. The molecule has 0 bridgehead atoms. The van der Waals surface area contributed by atoms with Gasteiger partial charge in [0.05, 0.1) is 23.3 Å². The minimum atomic E-state index is -1.11. The molecule has 0 aliphatic heterocycles. The number of non-ortho nitro benzene ring substituents is 1. The van der Waals surface area contributed by atoms with E-state index in [4.69, 9.17) is 9.47 Å². The minimum Gasteiger partial charge on any atom is -0.495 e. The van der Waals surface area contributed by atoms with Crippen molar-refractivity contribution in [3.63, 3.8) is 0 Å². The monoisotopic (exact) mass is 386 g/mol. The molecule has 0 aliphatic carbocycles. The third kappa shape index (κ3) is 5.06. The zero-order valence-corrected chi connectivity index (χ0v) is 16.1. The number of rotatable bonds is 7. The Labute approximate surface area is 162 Å². The van der Waals surface area contributed by atoms with Crippen molar-refractivity contribution in [2.45, 2.75) is 32.8 Å². The summed E-state index contributed by atoms with van der Waals surface area (Å²) in [4.78, 5) is 34.9. The normalized spacial score (nSPS) is 11.6. The summed E-state index contributed by atoms with van der Waals surface area (Å²) in [5.74, 6) is -0.684. The van der Waals surface area contributed by atoms with Gasteiger partial charge in [-0.2, -0.15) is 0 Å². The number of nitrogens with one attached hydrogen (secondary N) is 1. The number of esters is 1. The summed E-state index contributed by atoms with van der Waals surface area (Å²) in [5.41, 5.74) is 1.33. The van der Waals surface area contributed by atoms with Gasteiger partial charge in [-0.25, -0.2) is 4.79 Å². The highest BCUT2D eigenvalue weighted by Gasteiger charge is 2.21. The smallest absolute Gasteiger partial charge is 0.338 e. The van der Waals surface area contributed by atoms with Gasteiger partial charge in [0.1, 0.15) is 5.75 Å². The Morgan fingerprint density at radius 1 is 1.07 bits per heavy atom. The lowest BCUT2D eigenvalue weighted by Crippen LogP contribution is -2.30. The molecule has 0 fully saturated rings. The summed E-state index contributed by atoms with van der Waals surface area (Å²) < 4.78 is 10.3. The topological polar surface area (TPSA) is 108 Å².